The van der Waals surface area contributed by atoms with Gasteiger partial charge in [-0.2, -0.15) is 0 Å². The third kappa shape index (κ3) is 2.25. The van der Waals surface area contributed by atoms with E-state index in [0.29, 0.717) is 6.04 Å². The molecule has 0 amide bonds. The molecule has 22 heavy (non-hydrogen) atoms. The van der Waals surface area contributed by atoms with Crippen molar-refractivity contribution in [2.45, 2.75) is 44.2 Å². The van der Waals surface area contributed by atoms with Gasteiger partial charge in [-0.1, -0.05) is 17.7 Å². The van der Waals surface area contributed by atoms with E-state index in [2.05, 4.69) is 17.9 Å². The van der Waals surface area contributed by atoms with Crippen molar-refractivity contribution in [2.24, 2.45) is 0 Å². The molecule has 0 aliphatic carbocycles. The van der Waals surface area contributed by atoms with Crippen molar-refractivity contribution in [3.05, 3.63) is 34.9 Å². The highest BCUT2D eigenvalue weighted by atomic mass is 16.6. The van der Waals surface area contributed by atoms with Gasteiger partial charge in [0.25, 0.3) is 0 Å². The standard InChI is InChI=1S/C18H23NO3/c1-13-2-3-15-16(12-13)18(22-17(15)20)6-8-19(9-7-18)14-4-10-21-11-5-14/h2-3,12,14H,4-11H2,1H3. The number of carbonyl (C=O) groups excluding carboxylic acids is 1. The van der Waals surface area contributed by atoms with Crippen molar-refractivity contribution in [3.8, 4) is 0 Å². The molecule has 2 fully saturated rings. The average molecular weight is 301 g/mol. The zero-order valence-corrected chi connectivity index (χ0v) is 13.1. The first kappa shape index (κ1) is 14.2. The quantitative estimate of drug-likeness (QED) is 0.748. The molecule has 1 spiro atoms. The highest BCUT2D eigenvalue weighted by Crippen LogP contribution is 2.44. The van der Waals surface area contributed by atoms with Crippen LogP contribution in [0.1, 0.15) is 47.2 Å². The van der Waals surface area contributed by atoms with Gasteiger partial charge in [0.15, 0.2) is 0 Å². The van der Waals surface area contributed by atoms with Crippen LogP contribution in [0.4, 0.5) is 0 Å². The van der Waals surface area contributed by atoms with Crippen molar-refractivity contribution in [3.63, 3.8) is 0 Å². The fraction of sp³-hybridized carbons (Fsp3) is 0.611. The molecule has 3 heterocycles. The van der Waals surface area contributed by atoms with Gasteiger partial charge in [-0.15, -0.1) is 0 Å². The topological polar surface area (TPSA) is 38.8 Å². The summed E-state index contributed by atoms with van der Waals surface area (Å²) in [6, 6.07) is 6.70. The Labute approximate surface area is 131 Å². The predicted molar refractivity (Wildman–Crippen MR) is 82.9 cm³/mol. The molecule has 3 aliphatic heterocycles. The highest BCUT2D eigenvalue weighted by Gasteiger charge is 2.47. The van der Waals surface area contributed by atoms with Gasteiger partial charge < -0.3 is 9.47 Å². The predicted octanol–water partition coefficient (Wildman–Crippen LogP) is 2.64. The van der Waals surface area contributed by atoms with Gasteiger partial charge in [-0.3, -0.25) is 4.90 Å². The molecule has 4 rings (SSSR count). The van der Waals surface area contributed by atoms with Crippen LogP contribution < -0.4 is 0 Å². The molecular weight excluding hydrogens is 278 g/mol. The zero-order valence-electron chi connectivity index (χ0n) is 13.1. The van der Waals surface area contributed by atoms with Crippen LogP contribution in [0.15, 0.2) is 18.2 Å². The summed E-state index contributed by atoms with van der Waals surface area (Å²) in [7, 11) is 0. The molecule has 0 bridgehead atoms. The minimum atomic E-state index is -0.375. The average Bonchev–Trinajstić information content (AvgIpc) is 2.81. The molecule has 118 valence electrons. The number of benzene rings is 1. The molecule has 4 heteroatoms. The van der Waals surface area contributed by atoms with Gasteiger partial charge in [-0.25, -0.2) is 4.79 Å². The van der Waals surface area contributed by atoms with Crippen LogP contribution in [0.25, 0.3) is 0 Å². The number of fused-ring (bicyclic) bond motifs is 2. The minimum Gasteiger partial charge on any atom is -0.450 e. The molecule has 1 aromatic carbocycles. The first-order valence-electron chi connectivity index (χ1n) is 8.34. The van der Waals surface area contributed by atoms with Crippen LogP contribution >= 0.6 is 0 Å². The summed E-state index contributed by atoms with van der Waals surface area (Å²) in [5, 5.41) is 0. The monoisotopic (exact) mass is 301 g/mol. The van der Waals surface area contributed by atoms with Crippen molar-refractivity contribution in [2.75, 3.05) is 26.3 Å². The van der Waals surface area contributed by atoms with E-state index in [9.17, 15) is 4.79 Å². The van der Waals surface area contributed by atoms with Crippen molar-refractivity contribution in [1.29, 1.82) is 0 Å². The molecule has 2 saturated heterocycles. The number of piperidine rings is 1. The normalized spacial score (nSPS) is 25.2. The number of carbonyl (C=O) groups is 1. The van der Waals surface area contributed by atoms with E-state index in [1.54, 1.807) is 0 Å². The molecule has 0 radical (unpaired) electrons. The fourth-order valence-corrected chi connectivity index (χ4v) is 4.17. The number of aryl methyl sites for hydroxylation is 1. The Morgan fingerprint density at radius 2 is 1.91 bits per heavy atom. The van der Waals surface area contributed by atoms with Gasteiger partial charge in [-0.05, 0) is 25.8 Å². The maximum absolute atomic E-state index is 12.2. The zero-order chi connectivity index (χ0) is 15.2. The Morgan fingerprint density at radius 1 is 1.18 bits per heavy atom. The summed E-state index contributed by atoms with van der Waals surface area (Å²) in [4.78, 5) is 14.7. The Balaban J connectivity index is 1.54. The van der Waals surface area contributed by atoms with Crippen molar-refractivity contribution in [1.82, 2.24) is 4.90 Å². The van der Waals surface area contributed by atoms with E-state index >= 15 is 0 Å². The number of nitrogens with zero attached hydrogens (tertiary/aromatic N) is 1. The van der Waals surface area contributed by atoms with Gasteiger partial charge in [0.05, 0.1) is 5.56 Å². The maximum atomic E-state index is 12.2. The van der Waals surface area contributed by atoms with E-state index in [1.807, 2.05) is 12.1 Å². The number of ether oxygens (including phenoxy) is 2. The second kappa shape index (κ2) is 5.36. The van der Waals surface area contributed by atoms with Gasteiger partial charge in [0.1, 0.15) is 5.60 Å². The van der Waals surface area contributed by atoms with Gasteiger partial charge in [0, 0.05) is 50.8 Å². The third-order valence-electron chi connectivity index (χ3n) is 5.49. The Kier molecular flexibility index (Phi) is 3.46. The van der Waals surface area contributed by atoms with Crippen LogP contribution in [0.3, 0.4) is 0 Å². The lowest BCUT2D eigenvalue weighted by Crippen LogP contribution is -2.48. The number of likely N-dealkylation sites (tertiary alicyclic amines) is 1. The van der Waals surface area contributed by atoms with Gasteiger partial charge in [0.2, 0.25) is 0 Å². The molecule has 4 nitrogen and oxygen atoms in total. The highest BCUT2D eigenvalue weighted by molar-refractivity contribution is 5.94. The number of rotatable bonds is 1. The summed E-state index contributed by atoms with van der Waals surface area (Å²) in [5.41, 5.74) is 2.71. The lowest BCUT2D eigenvalue weighted by Gasteiger charge is -2.43. The second-order valence-corrected chi connectivity index (χ2v) is 6.81. The maximum Gasteiger partial charge on any atom is 0.339 e. The Morgan fingerprint density at radius 3 is 2.64 bits per heavy atom. The van der Waals surface area contributed by atoms with E-state index < -0.39 is 0 Å². The second-order valence-electron chi connectivity index (χ2n) is 6.81. The first-order chi connectivity index (χ1) is 10.7. The summed E-state index contributed by atoms with van der Waals surface area (Å²) >= 11 is 0. The molecule has 0 unspecified atom stereocenters. The number of esters is 1. The lowest BCUT2D eigenvalue weighted by atomic mass is 9.82. The van der Waals surface area contributed by atoms with Crippen LogP contribution in [-0.4, -0.2) is 43.2 Å². The molecule has 0 N–H and O–H groups in total. The van der Waals surface area contributed by atoms with Crippen molar-refractivity contribution < 1.29 is 14.3 Å². The fourth-order valence-electron chi connectivity index (χ4n) is 4.17. The summed E-state index contributed by atoms with van der Waals surface area (Å²) in [6.07, 6.45) is 4.07. The Bertz CT molecular complexity index is 584. The van der Waals surface area contributed by atoms with Crippen LogP contribution in [-0.2, 0) is 15.1 Å². The van der Waals surface area contributed by atoms with E-state index in [1.165, 1.54) is 5.56 Å². The Hall–Kier alpha value is -1.39. The molecule has 3 aliphatic rings. The number of hydrogen-bond acceptors (Lipinski definition) is 4. The van der Waals surface area contributed by atoms with E-state index in [0.717, 1.165) is 63.1 Å². The van der Waals surface area contributed by atoms with Crippen LogP contribution in [0.2, 0.25) is 0 Å². The lowest BCUT2D eigenvalue weighted by molar-refractivity contribution is -0.0586. The van der Waals surface area contributed by atoms with Gasteiger partial charge >= 0.3 is 5.97 Å². The minimum absolute atomic E-state index is 0.144. The summed E-state index contributed by atoms with van der Waals surface area (Å²) < 4.78 is 11.3. The molecule has 0 atom stereocenters. The van der Waals surface area contributed by atoms with Crippen LogP contribution in [0, 0.1) is 6.92 Å². The van der Waals surface area contributed by atoms with Crippen molar-refractivity contribution >= 4 is 5.97 Å². The smallest absolute Gasteiger partial charge is 0.339 e. The SMILES string of the molecule is Cc1ccc2c(c1)C1(CCN(C3CCOCC3)CC1)OC2=O. The first-order valence-corrected chi connectivity index (χ1v) is 8.34. The summed E-state index contributed by atoms with van der Waals surface area (Å²) in [6.45, 7) is 5.84. The number of hydrogen-bond donors (Lipinski definition) is 0. The largest absolute Gasteiger partial charge is 0.450 e. The van der Waals surface area contributed by atoms with E-state index in [4.69, 9.17) is 9.47 Å². The van der Waals surface area contributed by atoms with Crippen LogP contribution in [0.5, 0.6) is 0 Å². The summed E-state index contributed by atoms with van der Waals surface area (Å²) in [5.74, 6) is -0.144. The van der Waals surface area contributed by atoms with E-state index in [-0.39, 0.29) is 11.6 Å². The molecule has 0 aromatic heterocycles. The molecule has 1 aromatic rings. The molecular formula is C18H23NO3. The molecule has 0 saturated carbocycles. The third-order valence-corrected chi connectivity index (χ3v) is 5.49.